The fraction of sp³-hybridized carbons (Fsp3) is 0.590. The molecule has 376 valence electrons. The van der Waals surface area contributed by atoms with E-state index in [1.165, 1.54) is 70.6 Å². The smallest absolute Gasteiger partial charge is 0.306 e. The molecule has 6 nitrogen and oxygen atoms in total. The first-order valence-corrected chi connectivity index (χ1v) is 26.8. The summed E-state index contributed by atoms with van der Waals surface area (Å²) in [6.07, 6.45) is 75.6. The largest absolute Gasteiger partial charge is 0.462 e. The molecule has 6 heteroatoms. The van der Waals surface area contributed by atoms with E-state index in [0.29, 0.717) is 19.3 Å². The Bertz CT molecular complexity index is 1480. The van der Waals surface area contributed by atoms with Crippen LogP contribution >= 0.6 is 0 Å². The average molecular weight is 925 g/mol. The summed E-state index contributed by atoms with van der Waals surface area (Å²) in [5, 5.41) is 0. The predicted octanol–water partition coefficient (Wildman–Crippen LogP) is 17.9. The van der Waals surface area contributed by atoms with Crippen molar-refractivity contribution in [3.63, 3.8) is 0 Å². The van der Waals surface area contributed by atoms with E-state index in [1.54, 1.807) is 0 Å². The third-order valence-electron chi connectivity index (χ3n) is 10.9. The van der Waals surface area contributed by atoms with E-state index >= 15 is 0 Å². The molecule has 0 heterocycles. The van der Waals surface area contributed by atoms with E-state index in [2.05, 4.69) is 81.5 Å². The SMILES string of the molecule is CC\C=C/C=C\C=C/C=C\C=C\C=C/C=C\CCCCCC(=O)OCC(COC(=O)CCCCCCCC/C=C\C=C/CCCCC)OC(=O)CCCCCCCC/C=C\C=C/CCCCC. The summed E-state index contributed by atoms with van der Waals surface area (Å²) in [5.41, 5.74) is 0. The molecule has 0 aliphatic carbocycles. The molecule has 0 aromatic heterocycles. The molecule has 0 saturated carbocycles. The first-order valence-electron chi connectivity index (χ1n) is 26.8. The van der Waals surface area contributed by atoms with Crippen molar-refractivity contribution in [1.29, 1.82) is 0 Å². The van der Waals surface area contributed by atoms with Gasteiger partial charge in [0, 0.05) is 19.3 Å². The van der Waals surface area contributed by atoms with E-state index < -0.39 is 6.10 Å². The van der Waals surface area contributed by atoms with Crippen LogP contribution in [-0.2, 0) is 28.6 Å². The lowest BCUT2D eigenvalue weighted by molar-refractivity contribution is -0.167. The number of carbonyl (C=O) groups excluding carboxylic acids is 3. The number of hydrogen-bond donors (Lipinski definition) is 0. The van der Waals surface area contributed by atoms with Gasteiger partial charge in [-0.15, -0.1) is 0 Å². The highest BCUT2D eigenvalue weighted by molar-refractivity contribution is 5.71. The molecule has 1 atom stereocenters. The van der Waals surface area contributed by atoms with Gasteiger partial charge in [-0.2, -0.15) is 0 Å². The lowest BCUT2D eigenvalue weighted by atomic mass is 10.1. The molecule has 0 saturated heterocycles. The average Bonchev–Trinajstić information content (AvgIpc) is 3.33. The van der Waals surface area contributed by atoms with Crippen LogP contribution in [-0.4, -0.2) is 37.2 Å². The lowest BCUT2D eigenvalue weighted by Gasteiger charge is -2.18. The standard InChI is InChI=1S/C61H96O6/c1-4-7-10-13-16-19-22-25-28-29-30-31-34-36-39-42-45-48-51-54-60(63)66-57-58(67-61(64)55-52-49-46-43-40-37-33-27-24-21-18-15-12-9-6-3)56-65-59(62)53-50-47-44-41-38-35-32-26-23-20-17-14-11-8-5-2/h7,10,13,16-31,34,36,39,58H,4-6,8-9,11-12,14-15,32-33,35,37-38,40-57H2,1-3H3/b10-7-,16-13-,20-17-,21-18-,22-19-,26-23-,27-24-,28-25-,30-29+,34-31-,39-36-. The van der Waals surface area contributed by atoms with E-state index in [1.807, 2.05) is 72.9 Å². The Hall–Kier alpha value is -4.45. The van der Waals surface area contributed by atoms with Gasteiger partial charge in [-0.1, -0.05) is 238 Å². The van der Waals surface area contributed by atoms with Crippen LogP contribution in [0.4, 0.5) is 0 Å². The quantitative estimate of drug-likeness (QED) is 0.0262. The number of esters is 3. The van der Waals surface area contributed by atoms with Crippen LogP contribution in [0.5, 0.6) is 0 Å². The summed E-state index contributed by atoms with van der Waals surface area (Å²) in [6, 6.07) is 0. The fourth-order valence-corrected chi connectivity index (χ4v) is 6.82. The van der Waals surface area contributed by atoms with Crippen LogP contribution in [0.15, 0.2) is 134 Å². The normalized spacial score (nSPS) is 13.2. The number of carbonyl (C=O) groups is 3. The van der Waals surface area contributed by atoms with Gasteiger partial charge in [-0.25, -0.2) is 0 Å². The molecule has 0 bridgehead atoms. The van der Waals surface area contributed by atoms with Gasteiger partial charge in [0.2, 0.25) is 0 Å². The van der Waals surface area contributed by atoms with Crippen molar-refractivity contribution in [1.82, 2.24) is 0 Å². The number of ether oxygens (including phenoxy) is 3. The first-order chi connectivity index (χ1) is 33.0. The molecule has 0 spiro atoms. The van der Waals surface area contributed by atoms with Gasteiger partial charge in [0.1, 0.15) is 13.2 Å². The summed E-state index contributed by atoms with van der Waals surface area (Å²) >= 11 is 0. The summed E-state index contributed by atoms with van der Waals surface area (Å²) in [5.74, 6) is -0.985. The van der Waals surface area contributed by atoms with Gasteiger partial charge in [0.25, 0.3) is 0 Å². The fourth-order valence-electron chi connectivity index (χ4n) is 6.82. The van der Waals surface area contributed by atoms with Gasteiger partial charge < -0.3 is 14.2 Å². The molecule has 0 aliphatic rings. The molecule has 0 aromatic rings. The van der Waals surface area contributed by atoms with E-state index in [0.717, 1.165) is 103 Å². The molecule has 0 fully saturated rings. The molecule has 67 heavy (non-hydrogen) atoms. The van der Waals surface area contributed by atoms with E-state index in [4.69, 9.17) is 14.2 Å². The molecular formula is C61H96O6. The van der Waals surface area contributed by atoms with Crippen molar-refractivity contribution in [2.75, 3.05) is 13.2 Å². The van der Waals surface area contributed by atoms with Crippen LogP contribution in [0.25, 0.3) is 0 Å². The first kappa shape index (κ1) is 62.5. The highest BCUT2D eigenvalue weighted by Crippen LogP contribution is 2.13. The highest BCUT2D eigenvalue weighted by atomic mass is 16.6. The number of rotatable bonds is 46. The van der Waals surface area contributed by atoms with Crippen LogP contribution in [0, 0.1) is 0 Å². The summed E-state index contributed by atoms with van der Waals surface area (Å²) in [7, 11) is 0. The van der Waals surface area contributed by atoms with E-state index in [-0.39, 0.29) is 31.1 Å². The molecule has 0 N–H and O–H groups in total. The van der Waals surface area contributed by atoms with Crippen LogP contribution in [0.3, 0.4) is 0 Å². The van der Waals surface area contributed by atoms with Crippen molar-refractivity contribution in [2.24, 2.45) is 0 Å². The second kappa shape index (κ2) is 54.2. The van der Waals surface area contributed by atoms with Crippen LogP contribution < -0.4 is 0 Å². The summed E-state index contributed by atoms with van der Waals surface area (Å²) in [6.45, 7) is 6.36. The summed E-state index contributed by atoms with van der Waals surface area (Å²) < 4.78 is 16.8. The Morgan fingerprint density at radius 3 is 0.940 bits per heavy atom. The van der Waals surface area contributed by atoms with Crippen molar-refractivity contribution in [2.45, 2.75) is 219 Å². The number of unbranched alkanes of at least 4 members (excludes halogenated alkanes) is 21. The topological polar surface area (TPSA) is 78.9 Å². The van der Waals surface area contributed by atoms with E-state index in [9.17, 15) is 14.4 Å². The molecule has 0 aromatic carbocycles. The zero-order valence-electron chi connectivity index (χ0n) is 42.9. The summed E-state index contributed by atoms with van der Waals surface area (Å²) in [4.78, 5) is 38.1. The zero-order chi connectivity index (χ0) is 48.6. The second-order valence-electron chi connectivity index (χ2n) is 17.3. The van der Waals surface area contributed by atoms with Crippen molar-refractivity contribution in [3.05, 3.63) is 134 Å². The Labute approximate surface area is 411 Å². The maximum Gasteiger partial charge on any atom is 0.306 e. The van der Waals surface area contributed by atoms with Gasteiger partial charge in [0.15, 0.2) is 6.10 Å². The molecule has 0 amide bonds. The van der Waals surface area contributed by atoms with Crippen molar-refractivity contribution < 1.29 is 28.6 Å². The zero-order valence-corrected chi connectivity index (χ0v) is 42.9. The van der Waals surface area contributed by atoms with Crippen molar-refractivity contribution >= 4 is 17.9 Å². The second-order valence-corrected chi connectivity index (χ2v) is 17.3. The molecule has 0 aliphatic heterocycles. The van der Waals surface area contributed by atoms with Crippen molar-refractivity contribution in [3.8, 4) is 0 Å². The molecular weight excluding hydrogens is 829 g/mol. The third kappa shape index (κ3) is 52.4. The lowest BCUT2D eigenvalue weighted by Crippen LogP contribution is -2.30. The minimum Gasteiger partial charge on any atom is -0.462 e. The Morgan fingerprint density at radius 2 is 0.582 bits per heavy atom. The minimum absolute atomic E-state index is 0.109. The van der Waals surface area contributed by atoms with Gasteiger partial charge in [0.05, 0.1) is 0 Å². The maximum atomic E-state index is 12.8. The Balaban J connectivity index is 4.56. The third-order valence-corrected chi connectivity index (χ3v) is 10.9. The maximum absolute atomic E-state index is 12.8. The number of allylic oxidation sites excluding steroid dienone is 22. The Morgan fingerprint density at radius 1 is 0.313 bits per heavy atom. The van der Waals surface area contributed by atoms with Gasteiger partial charge in [-0.3, -0.25) is 14.4 Å². The monoisotopic (exact) mass is 925 g/mol. The van der Waals surface area contributed by atoms with Crippen LogP contribution in [0.1, 0.15) is 213 Å². The molecule has 0 radical (unpaired) electrons. The predicted molar refractivity (Wildman–Crippen MR) is 288 cm³/mol. The Kier molecular flexibility index (Phi) is 50.6. The molecule has 1 unspecified atom stereocenters. The minimum atomic E-state index is -0.813. The molecule has 0 rings (SSSR count). The number of hydrogen-bond acceptors (Lipinski definition) is 6. The van der Waals surface area contributed by atoms with Gasteiger partial charge >= 0.3 is 17.9 Å². The van der Waals surface area contributed by atoms with Crippen LogP contribution in [0.2, 0.25) is 0 Å². The van der Waals surface area contributed by atoms with Gasteiger partial charge in [-0.05, 0) is 89.9 Å². The highest BCUT2D eigenvalue weighted by Gasteiger charge is 2.19.